The molecule has 1 aliphatic heterocycles. The van der Waals surface area contributed by atoms with Crippen molar-refractivity contribution in [3.05, 3.63) is 35.9 Å². The van der Waals surface area contributed by atoms with Crippen molar-refractivity contribution in [2.24, 2.45) is 0 Å². The number of benzene rings is 1. The maximum absolute atomic E-state index is 9.84. The highest BCUT2D eigenvalue weighted by molar-refractivity contribution is 5.15. The summed E-state index contributed by atoms with van der Waals surface area (Å²) in [5, 5.41) is 13.5. The Morgan fingerprint density at radius 2 is 2.05 bits per heavy atom. The predicted octanol–water partition coefficient (Wildman–Crippen LogP) is 1.76. The van der Waals surface area contributed by atoms with Gasteiger partial charge in [0.05, 0.1) is 12.1 Å². The van der Waals surface area contributed by atoms with Gasteiger partial charge < -0.3 is 10.4 Å². The Hall–Kier alpha value is -0.900. The molecular formula is C16H24N2O. The van der Waals surface area contributed by atoms with Gasteiger partial charge in [-0.25, -0.2) is 0 Å². The summed E-state index contributed by atoms with van der Waals surface area (Å²) >= 11 is 0. The van der Waals surface area contributed by atoms with Crippen LogP contribution < -0.4 is 5.32 Å². The molecule has 2 aliphatic rings. The van der Waals surface area contributed by atoms with E-state index in [1.807, 2.05) is 6.07 Å². The van der Waals surface area contributed by atoms with E-state index in [0.717, 1.165) is 25.6 Å². The molecule has 0 radical (unpaired) electrons. The summed E-state index contributed by atoms with van der Waals surface area (Å²) in [5.41, 5.74) is 1.17. The number of rotatable bonds is 5. The van der Waals surface area contributed by atoms with Crippen molar-refractivity contribution in [1.82, 2.24) is 10.2 Å². The minimum atomic E-state index is -0.113. The van der Waals surface area contributed by atoms with Crippen LogP contribution in [0.3, 0.4) is 0 Å². The third kappa shape index (κ3) is 2.83. The zero-order chi connectivity index (χ0) is 13.3. The predicted molar refractivity (Wildman–Crippen MR) is 76.9 cm³/mol. The number of nitrogens with one attached hydrogen (secondary N) is 1. The third-order valence-corrected chi connectivity index (χ3v) is 4.57. The number of aliphatic hydroxyl groups is 1. The van der Waals surface area contributed by atoms with Gasteiger partial charge in [0, 0.05) is 25.2 Å². The first-order valence-electron chi connectivity index (χ1n) is 7.38. The Kier molecular flexibility index (Phi) is 3.61. The molecule has 1 aliphatic carbocycles. The lowest BCUT2D eigenvalue weighted by molar-refractivity contribution is 0.157. The standard InChI is InChI=1S/C16H24N2O/c1-13-9-16(12-19,11-18(13)15-7-8-15)17-10-14-5-3-2-4-6-14/h2-6,13,15,17,19H,7-12H2,1H3. The zero-order valence-corrected chi connectivity index (χ0v) is 11.7. The van der Waals surface area contributed by atoms with Gasteiger partial charge in [-0.1, -0.05) is 30.3 Å². The highest BCUT2D eigenvalue weighted by atomic mass is 16.3. The van der Waals surface area contributed by atoms with E-state index in [2.05, 4.69) is 41.4 Å². The van der Waals surface area contributed by atoms with Gasteiger partial charge in [-0.15, -0.1) is 0 Å². The number of aliphatic hydroxyl groups excluding tert-OH is 1. The first-order valence-corrected chi connectivity index (χ1v) is 7.38. The van der Waals surface area contributed by atoms with Crippen LogP contribution in [-0.2, 0) is 6.54 Å². The molecule has 19 heavy (non-hydrogen) atoms. The van der Waals surface area contributed by atoms with Crippen LogP contribution in [-0.4, -0.2) is 40.8 Å². The molecule has 0 aromatic heterocycles. The highest BCUT2D eigenvalue weighted by Crippen LogP contribution is 2.37. The van der Waals surface area contributed by atoms with Gasteiger partial charge in [-0.05, 0) is 31.7 Å². The van der Waals surface area contributed by atoms with Crippen LogP contribution >= 0.6 is 0 Å². The third-order valence-electron chi connectivity index (χ3n) is 4.57. The monoisotopic (exact) mass is 260 g/mol. The summed E-state index contributed by atoms with van der Waals surface area (Å²) in [5.74, 6) is 0. The van der Waals surface area contributed by atoms with E-state index < -0.39 is 0 Å². The van der Waals surface area contributed by atoms with E-state index in [0.29, 0.717) is 6.04 Å². The fourth-order valence-corrected chi connectivity index (χ4v) is 3.33. The smallest absolute Gasteiger partial charge is 0.0626 e. The van der Waals surface area contributed by atoms with Crippen LogP contribution in [0.1, 0.15) is 31.7 Å². The molecule has 2 unspecified atom stereocenters. The average Bonchev–Trinajstić information content (AvgIpc) is 3.23. The largest absolute Gasteiger partial charge is 0.394 e. The van der Waals surface area contributed by atoms with Gasteiger partial charge in [0.15, 0.2) is 0 Å². The fourth-order valence-electron chi connectivity index (χ4n) is 3.33. The van der Waals surface area contributed by atoms with Crippen molar-refractivity contribution < 1.29 is 5.11 Å². The Labute approximate surface area is 115 Å². The molecule has 1 saturated carbocycles. The second kappa shape index (κ2) is 5.23. The number of hydrogen-bond donors (Lipinski definition) is 2. The first-order chi connectivity index (χ1) is 9.22. The molecule has 0 spiro atoms. The van der Waals surface area contributed by atoms with E-state index in [9.17, 15) is 5.11 Å². The number of likely N-dealkylation sites (tertiary alicyclic amines) is 1. The molecule has 1 saturated heterocycles. The molecule has 2 fully saturated rings. The van der Waals surface area contributed by atoms with Crippen molar-refractivity contribution in [1.29, 1.82) is 0 Å². The Morgan fingerprint density at radius 1 is 1.32 bits per heavy atom. The van der Waals surface area contributed by atoms with E-state index in [1.54, 1.807) is 0 Å². The Morgan fingerprint density at radius 3 is 2.68 bits per heavy atom. The molecule has 3 heteroatoms. The van der Waals surface area contributed by atoms with Gasteiger partial charge >= 0.3 is 0 Å². The van der Waals surface area contributed by atoms with E-state index >= 15 is 0 Å². The Bertz CT molecular complexity index is 418. The van der Waals surface area contributed by atoms with E-state index in [4.69, 9.17) is 0 Å². The molecule has 0 amide bonds. The maximum Gasteiger partial charge on any atom is 0.0626 e. The first kappa shape index (κ1) is 13.1. The lowest BCUT2D eigenvalue weighted by atomic mass is 9.97. The fraction of sp³-hybridized carbons (Fsp3) is 0.625. The molecule has 2 N–H and O–H groups in total. The molecule has 2 atom stereocenters. The quantitative estimate of drug-likeness (QED) is 0.847. The van der Waals surface area contributed by atoms with Crippen molar-refractivity contribution in [2.45, 2.75) is 50.4 Å². The topological polar surface area (TPSA) is 35.5 Å². The minimum absolute atomic E-state index is 0.113. The second-order valence-electron chi connectivity index (χ2n) is 6.23. The molecule has 1 aromatic carbocycles. The molecule has 3 nitrogen and oxygen atoms in total. The Balaban J connectivity index is 1.63. The molecule has 1 aromatic rings. The molecule has 3 rings (SSSR count). The van der Waals surface area contributed by atoms with Gasteiger partial charge in [0.25, 0.3) is 0 Å². The van der Waals surface area contributed by atoms with Crippen LogP contribution in [0.4, 0.5) is 0 Å². The summed E-state index contributed by atoms with van der Waals surface area (Å²) in [6.07, 6.45) is 3.72. The molecule has 1 heterocycles. The van der Waals surface area contributed by atoms with Gasteiger partial charge in [0.2, 0.25) is 0 Å². The minimum Gasteiger partial charge on any atom is -0.394 e. The van der Waals surface area contributed by atoms with Gasteiger partial charge in [-0.2, -0.15) is 0 Å². The van der Waals surface area contributed by atoms with E-state index in [-0.39, 0.29) is 12.1 Å². The van der Waals surface area contributed by atoms with Crippen LogP contribution in [0.5, 0.6) is 0 Å². The molecular weight excluding hydrogens is 236 g/mol. The van der Waals surface area contributed by atoms with Crippen molar-refractivity contribution in [3.63, 3.8) is 0 Å². The summed E-state index contributed by atoms with van der Waals surface area (Å²) in [6.45, 7) is 4.35. The van der Waals surface area contributed by atoms with Crippen molar-refractivity contribution in [3.8, 4) is 0 Å². The normalized spacial score (nSPS) is 31.8. The maximum atomic E-state index is 9.84. The number of hydrogen-bond acceptors (Lipinski definition) is 3. The van der Waals surface area contributed by atoms with E-state index in [1.165, 1.54) is 18.4 Å². The summed E-state index contributed by atoms with van der Waals surface area (Å²) in [7, 11) is 0. The highest BCUT2D eigenvalue weighted by Gasteiger charge is 2.46. The summed E-state index contributed by atoms with van der Waals surface area (Å²) < 4.78 is 0. The van der Waals surface area contributed by atoms with Gasteiger partial charge in [-0.3, -0.25) is 4.90 Å². The SMILES string of the molecule is CC1CC(CO)(NCc2ccccc2)CN1C1CC1. The van der Waals surface area contributed by atoms with Crippen LogP contribution in [0, 0.1) is 0 Å². The summed E-state index contributed by atoms with van der Waals surface area (Å²) in [4.78, 5) is 2.58. The lowest BCUT2D eigenvalue weighted by Crippen LogP contribution is -2.50. The van der Waals surface area contributed by atoms with Crippen LogP contribution in [0.2, 0.25) is 0 Å². The molecule has 104 valence electrons. The zero-order valence-electron chi connectivity index (χ0n) is 11.7. The second-order valence-corrected chi connectivity index (χ2v) is 6.23. The summed E-state index contributed by atoms with van der Waals surface area (Å²) in [6, 6.07) is 11.8. The van der Waals surface area contributed by atoms with Crippen molar-refractivity contribution in [2.75, 3.05) is 13.2 Å². The van der Waals surface area contributed by atoms with Crippen LogP contribution in [0.25, 0.3) is 0 Å². The van der Waals surface area contributed by atoms with Crippen LogP contribution in [0.15, 0.2) is 30.3 Å². The molecule has 0 bridgehead atoms. The lowest BCUT2D eigenvalue weighted by Gasteiger charge is -2.29. The average molecular weight is 260 g/mol. The van der Waals surface area contributed by atoms with Gasteiger partial charge in [0.1, 0.15) is 0 Å². The number of nitrogens with zero attached hydrogens (tertiary/aromatic N) is 1. The van der Waals surface area contributed by atoms with Crippen molar-refractivity contribution >= 4 is 0 Å².